The minimum atomic E-state index is -0.829. The highest BCUT2D eigenvalue weighted by molar-refractivity contribution is 7.84. The Kier molecular flexibility index (Phi) is 7.55. The summed E-state index contributed by atoms with van der Waals surface area (Å²) in [4.78, 5) is 11.7. The third-order valence-electron chi connectivity index (χ3n) is 4.01. The number of urea groups is 1. The molecule has 1 saturated carbocycles. The second-order valence-electron chi connectivity index (χ2n) is 5.86. The number of methoxy groups -OCH3 is 1. The van der Waals surface area contributed by atoms with Gasteiger partial charge in [0.25, 0.3) is 0 Å². The van der Waals surface area contributed by atoms with Crippen LogP contribution in [-0.4, -0.2) is 35.8 Å². The van der Waals surface area contributed by atoms with E-state index in [0.717, 1.165) is 24.1 Å². The van der Waals surface area contributed by atoms with Gasteiger partial charge in [0.2, 0.25) is 0 Å². The minimum Gasteiger partial charge on any atom is -0.383 e. The van der Waals surface area contributed by atoms with E-state index in [0.29, 0.717) is 24.2 Å². The van der Waals surface area contributed by atoms with Crippen molar-refractivity contribution >= 4 is 22.5 Å². The van der Waals surface area contributed by atoms with Gasteiger partial charge >= 0.3 is 6.03 Å². The van der Waals surface area contributed by atoms with Crippen molar-refractivity contribution in [2.75, 3.05) is 25.6 Å². The first-order chi connectivity index (χ1) is 11.2. The fraction of sp³-hybridized carbons (Fsp3) is 0.588. The highest BCUT2D eigenvalue weighted by Gasteiger charge is 2.19. The van der Waals surface area contributed by atoms with Crippen LogP contribution in [0.25, 0.3) is 0 Å². The fourth-order valence-electron chi connectivity index (χ4n) is 2.79. The van der Waals surface area contributed by atoms with E-state index in [2.05, 4.69) is 10.6 Å². The van der Waals surface area contributed by atoms with E-state index in [4.69, 9.17) is 4.74 Å². The van der Waals surface area contributed by atoms with Crippen LogP contribution in [0.2, 0.25) is 0 Å². The Labute approximate surface area is 140 Å². The predicted molar refractivity (Wildman–Crippen MR) is 94.1 cm³/mol. The van der Waals surface area contributed by atoms with Crippen molar-refractivity contribution in [2.45, 2.75) is 43.1 Å². The number of ether oxygens (including phenoxy) is 1. The van der Waals surface area contributed by atoms with E-state index in [1.165, 1.54) is 19.3 Å². The van der Waals surface area contributed by atoms with Crippen LogP contribution in [0.3, 0.4) is 0 Å². The standard InChI is InChI=1S/C17H26N2O3S/c1-22-11-10-18-17(20)19-15-7-5-6-14(12-15)13-23(21)16-8-3-2-4-9-16/h5-7,12,16H,2-4,8-11,13H2,1H3,(H2,18,19,20)/t23-/m0/s1. The van der Waals surface area contributed by atoms with Crippen LogP contribution < -0.4 is 10.6 Å². The maximum atomic E-state index is 12.5. The number of hydrogen-bond acceptors (Lipinski definition) is 3. The van der Waals surface area contributed by atoms with Crippen molar-refractivity contribution in [3.05, 3.63) is 29.8 Å². The zero-order valence-electron chi connectivity index (χ0n) is 13.7. The topological polar surface area (TPSA) is 67.4 Å². The summed E-state index contributed by atoms with van der Waals surface area (Å²) in [6, 6.07) is 7.33. The van der Waals surface area contributed by atoms with Crippen LogP contribution >= 0.6 is 0 Å². The number of carbonyl (C=O) groups is 1. The van der Waals surface area contributed by atoms with E-state index in [-0.39, 0.29) is 6.03 Å². The number of anilines is 1. The molecule has 128 valence electrons. The van der Waals surface area contributed by atoms with Gasteiger partial charge in [-0.1, -0.05) is 31.4 Å². The first kappa shape index (κ1) is 17.9. The van der Waals surface area contributed by atoms with Crippen molar-refractivity contribution < 1.29 is 13.7 Å². The van der Waals surface area contributed by atoms with Gasteiger partial charge in [0.15, 0.2) is 0 Å². The van der Waals surface area contributed by atoms with Gasteiger partial charge < -0.3 is 15.4 Å². The Morgan fingerprint density at radius 2 is 2.09 bits per heavy atom. The number of rotatable bonds is 7. The maximum absolute atomic E-state index is 12.5. The van der Waals surface area contributed by atoms with Crippen LogP contribution in [-0.2, 0) is 21.3 Å². The van der Waals surface area contributed by atoms with Gasteiger partial charge in [-0.15, -0.1) is 0 Å². The Morgan fingerprint density at radius 3 is 2.83 bits per heavy atom. The Bertz CT molecular complexity index is 530. The van der Waals surface area contributed by atoms with Crippen molar-refractivity contribution in [3.8, 4) is 0 Å². The first-order valence-corrected chi connectivity index (χ1v) is 9.57. The van der Waals surface area contributed by atoms with Gasteiger partial charge in [-0.05, 0) is 30.5 Å². The van der Waals surface area contributed by atoms with E-state index in [1.54, 1.807) is 7.11 Å². The molecule has 6 heteroatoms. The summed E-state index contributed by atoms with van der Waals surface area (Å²) in [5.74, 6) is 0.561. The monoisotopic (exact) mass is 338 g/mol. The fourth-order valence-corrected chi connectivity index (χ4v) is 4.39. The molecule has 1 aromatic carbocycles. The van der Waals surface area contributed by atoms with Crippen molar-refractivity contribution in [1.82, 2.24) is 5.32 Å². The number of amides is 2. The molecule has 0 bridgehead atoms. The quantitative estimate of drug-likeness (QED) is 0.751. The lowest BCUT2D eigenvalue weighted by molar-refractivity contribution is 0.198. The second-order valence-corrected chi connectivity index (χ2v) is 7.58. The summed E-state index contributed by atoms with van der Waals surface area (Å²) < 4.78 is 17.4. The van der Waals surface area contributed by atoms with Crippen LogP contribution in [0.15, 0.2) is 24.3 Å². The molecule has 2 rings (SSSR count). The largest absolute Gasteiger partial charge is 0.383 e. The molecule has 0 aliphatic heterocycles. The first-order valence-electron chi connectivity index (χ1n) is 8.19. The molecule has 0 radical (unpaired) electrons. The maximum Gasteiger partial charge on any atom is 0.319 e. The summed E-state index contributed by atoms with van der Waals surface area (Å²) in [6.45, 7) is 0.946. The van der Waals surface area contributed by atoms with Gasteiger partial charge in [-0.3, -0.25) is 4.21 Å². The van der Waals surface area contributed by atoms with Crippen LogP contribution in [0.5, 0.6) is 0 Å². The molecule has 2 N–H and O–H groups in total. The van der Waals surface area contributed by atoms with Crippen molar-refractivity contribution in [3.63, 3.8) is 0 Å². The molecule has 1 aliphatic carbocycles. The van der Waals surface area contributed by atoms with E-state index in [9.17, 15) is 9.00 Å². The van der Waals surface area contributed by atoms with E-state index < -0.39 is 10.8 Å². The summed E-state index contributed by atoms with van der Waals surface area (Å²) in [5.41, 5.74) is 1.72. The lowest BCUT2D eigenvalue weighted by Gasteiger charge is -2.21. The Hall–Kier alpha value is -1.40. The molecule has 2 amide bonds. The Balaban J connectivity index is 1.86. The number of nitrogens with one attached hydrogen (secondary N) is 2. The number of carbonyl (C=O) groups excluding carboxylic acids is 1. The molecule has 5 nitrogen and oxygen atoms in total. The molecular weight excluding hydrogens is 312 g/mol. The molecule has 23 heavy (non-hydrogen) atoms. The molecular formula is C17H26N2O3S. The normalized spacial score (nSPS) is 16.7. The summed E-state index contributed by atoms with van der Waals surface area (Å²) >= 11 is 0. The molecule has 1 aliphatic rings. The minimum absolute atomic E-state index is 0.257. The summed E-state index contributed by atoms with van der Waals surface area (Å²) in [6.07, 6.45) is 5.81. The van der Waals surface area contributed by atoms with Gasteiger partial charge in [-0.2, -0.15) is 0 Å². The van der Waals surface area contributed by atoms with Crippen molar-refractivity contribution in [1.29, 1.82) is 0 Å². The van der Waals surface area contributed by atoms with Gasteiger partial charge in [-0.25, -0.2) is 4.79 Å². The second kappa shape index (κ2) is 9.67. The van der Waals surface area contributed by atoms with Gasteiger partial charge in [0, 0.05) is 41.1 Å². The van der Waals surface area contributed by atoms with Crippen LogP contribution in [0, 0.1) is 0 Å². The molecule has 1 aromatic rings. The Morgan fingerprint density at radius 1 is 1.30 bits per heavy atom. The summed E-state index contributed by atoms with van der Waals surface area (Å²) in [7, 11) is 0.763. The third kappa shape index (κ3) is 6.31. The average Bonchev–Trinajstić information content (AvgIpc) is 2.56. The van der Waals surface area contributed by atoms with Crippen LogP contribution in [0.1, 0.15) is 37.7 Å². The zero-order valence-corrected chi connectivity index (χ0v) is 14.5. The highest BCUT2D eigenvalue weighted by atomic mass is 32.2. The van der Waals surface area contributed by atoms with Crippen molar-refractivity contribution in [2.24, 2.45) is 0 Å². The molecule has 1 atom stereocenters. The molecule has 0 saturated heterocycles. The molecule has 0 aromatic heterocycles. The predicted octanol–water partition coefficient (Wildman–Crippen LogP) is 3.04. The zero-order chi connectivity index (χ0) is 16.5. The lowest BCUT2D eigenvalue weighted by atomic mass is 10.0. The lowest BCUT2D eigenvalue weighted by Crippen LogP contribution is -2.31. The van der Waals surface area contributed by atoms with Crippen LogP contribution in [0.4, 0.5) is 10.5 Å². The van der Waals surface area contributed by atoms with Gasteiger partial charge in [0.05, 0.1) is 6.61 Å². The number of hydrogen-bond donors (Lipinski definition) is 2. The third-order valence-corrected chi connectivity index (χ3v) is 5.84. The molecule has 0 spiro atoms. The van der Waals surface area contributed by atoms with E-state index in [1.807, 2.05) is 24.3 Å². The average molecular weight is 338 g/mol. The SMILES string of the molecule is COCCNC(=O)Nc1cccc(C[S@](=O)C2CCCCC2)c1. The van der Waals surface area contributed by atoms with E-state index >= 15 is 0 Å². The number of benzene rings is 1. The summed E-state index contributed by atoms with van der Waals surface area (Å²) in [5, 5.41) is 5.83. The highest BCUT2D eigenvalue weighted by Crippen LogP contribution is 2.24. The molecule has 0 unspecified atom stereocenters. The van der Waals surface area contributed by atoms with Gasteiger partial charge in [0.1, 0.15) is 0 Å². The smallest absolute Gasteiger partial charge is 0.319 e. The molecule has 1 fully saturated rings. The molecule has 0 heterocycles.